The van der Waals surface area contributed by atoms with Crippen LogP contribution in [0.25, 0.3) is 0 Å². The minimum absolute atomic E-state index is 0.152. The molecule has 4 unspecified atom stereocenters. The first-order valence-corrected chi connectivity index (χ1v) is 26.0. The number of amides is 4. The van der Waals surface area contributed by atoms with Crippen LogP contribution < -0.4 is 21.3 Å². The Hall–Kier alpha value is -5.92. The van der Waals surface area contributed by atoms with E-state index in [9.17, 15) is 38.4 Å². The summed E-state index contributed by atoms with van der Waals surface area (Å²) in [5.41, 5.74) is -2.68. The number of ether oxygens (including phenoxy) is 8. The number of carbonyl (C=O) groups excluding carboxylic acids is 8. The molecular formula is C56H90N4O16. The van der Waals surface area contributed by atoms with Crippen LogP contribution in [-0.4, -0.2) is 130 Å². The van der Waals surface area contributed by atoms with Gasteiger partial charge in [-0.1, -0.05) is 67.9 Å². The summed E-state index contributed by atoms with van der Waals surface area (Å²) in [6.45, 7) is 38.9. The average Bonchev–Trinajstić information content (AvgIpc) is 3.26. The Kier molecular flexibility index (Phi) is 24.8. The van der Waals surface area contributed by atoms with Crippen molar-refractivity contribution in [2.75, 3.05) is 46.1 Å². The smallest absolute Gasteiger partial charge is 0.407 e. The molecule has 2 rings (SSSR count). The molecule has 0 radical (unpaired) electrons. The molecule has 76 heavy (non-hydrogen) atoms. The van der Waals surface area contributed by atoms with E-state index in [2.05, 4.69) is 75.3 Å². The number of hydrogen-bond acceptors (Lipinski definition) is 16. The molecule has 4 atom stereocenters. The molecule has 0 spiro atoms. The third-order valence-electron chi connectivity index (χ3n) is 13.0. The van der Waals surface area contributed by atoms with Gasteiger partial charge in [0.1, 0.15) is 37.6 Å². The Morgan fingerprint density at radius 3 is 1.24 bits per heavy atom. The summed E-state index contributed by atoms with van der Waals surface area (Å²) in [5, 5.41) is 11.9. The summed E-state index contributed by atoms with van der Waals surface area (Å²) in [6, 6.07) is -0.491. The highest BCUT2D eigenvalue weighted by Crippen LogP contribution is 2.47. The molecule has 20 nitrogen and oxygen atoms in total. The number of hydrogen-bond donors (Lipinski definition) is 4. The van der Waals surface area contributed by atoms with Crippen LogP contribution in [0.3, 0.4) is 0 Å². The van der Waals surface area contributed by atoms with Gasteiger partial charge in [-0.2, -0.15) is 0 Å². The van der Waals surface area contributed by atoms with Crippen LogP contribution in [0.15, 0.2) is 48.6 Å². The van der Waals surface area contributed by atoms with Crippen LogP contribution in [0.1, 0.15) is 155 Å². The predicted molar refractivity (Wildman–Crippen MR) is 284 cm³/mol. The second-order valence-corrected chi connectivity index (χ2v) is 24.4. The maximum Gasteiger partial charge on any atom is 0.407 e. The molecule has 0 bridgehead atoms. The summed E-state index contributed by atoms with van der Waals surface area (Å²) >= 11 is 0. The fourth-order valence-electron chi connectivity index (χ4n) is 10.0. The summed E-state index contributed by atoms with van der Waals surface area (Å²) in [5.74, 6) is -3.02. The molecule has 0 heterocycles. The van der Waals surface area contributed by atoms with E-state index >= 15 is 0 Å². The van der Waals surface area contributed by atoms with E-state index in [1.807, 2.05) is 27.7 Å². The summed E-state index contributed by atoms with van der Waals surface area (Å²) in [4.78, 5) is 101. The van der Waals surface area contributed by atoms with Gasteiger partial charge in [-0.3, -0.25) is 4.79 Å². The van der Waals surface area contributed by atoms with Crippen molar-refractivity contribution in [3.05, 3.63) is 48.6 Å². The molecule has 2 fully saturated rings. The van der Waals surface area contributed by atoms with Gasteiger partial charge in [-0.25, -0.2) is 33.6 Å². The van der Waals surface area contributed by atoms with Gasteiger partial charge in [0.05, 0.1) is 0 Å². The van der Waals surface area contributed by atoms with Crippen molar-refractivity contribution in [1.82, 2.24) is 21.3 Å². The number of carbonyl (C=O) groups is 8. The average molecular weight is 1080 g/mol. The van der Waals surface area contributed by atoms with E-state index in [-0.39, 0.29) is 97.2 Å². The van der Waals surface area contributed by atoms with Crippen LogP contribution in [0.2, 0.25) is 0 Å². The van der Waals surface area contributed by atoms with Crippen molar-refractivity contribution in [2.45, 2.75) is 190 Å². The van der Waals surface area contributed by atoms with E-state index in [4.69, 9.17) is 37.9 Å². The highest BCUT2D eigenvalue weighted by molar-refractivity contribution is 5.88. The topological polar surface area (TPSA) is 259 Å². The normalized spacial score (nSPS) is 20.9. The SMILES string of the molecule is C=C(C)C(=O)OCC(COC(=O)C(=C)C)OC(=O)NCC1(C)CC(NC(=O)OC(C)(C)CCCCOC(C)(C)C(=O)NC2CC(C)(C)CC(C)(CNC(=O)OC(COC(=O)C(=C)C)COC(=O)C(=C)C)C2)CC(C)(C)C1. The number of unbranched alkanes of at least 4 members (excludes halogenated alkanes) is 1. The molecule has 2 aliphatic rings. The minimum Gasteiger partial charge on any atom is -0.458 e. The lowest BCUT2D eigenvalue weighted by Crippen LogP contribution is -2.54. The molecule has 2 saturated carbocycles. The first-order valence-electron chi connectivity index (χ1n) is 26.0. The molecule has 4 amide bonds. The van der Waals surface area contributed by atoms with Crippen molar-refractivity contribution >= 4 is 48.1 Å². The summed E-state index contributed by atoms with van der Waals surface area (Å²) in [6.07, 6.45) is 1.38. The molecule has 2 aliphatic carbocycles. The van der Waals surface area contributed by atoms with E-state index < -0.39 is 76.4 Å². The summed E-state index contributed by atoms with van der Waals surface area (Å²) in [7, 11) is 0. The monoisotopic (exact) mass is 1070 g/mol. The fraction of sp³-hybridized carbons (Fsp3) is 0.714. The second kappa shape index (κ2) is 28.5. The number of rotatable bonds is 28. The predicted octanol–water partition coefficient (Wildman–Crippen LogP) is 8.41. The first kappa shape index (κ1) is 66.2. The zero-order chi connectivity index (χ0) is 58.0. The highest BCUT2D eigenvalue weighted by Gasteiger charge is 2.45. The quantitative estimate of drug-likeness (QED) is 0.0248. The van der Waals surface area contributed by atoms with Crippen LogP contribution >= 0.6 is 0 Å². The summed E-state index contributed by atoms with van der Waals surface area (Å²) < 4.78 is 43.7. The molecule has 430 valence electrons. The van der Waals surface area contributed by atoms with Gasteiger partial charge in [0, 0.05) is 54.1 Å². The van der Waals surface area contributed by atoms with Gasteiger partial charge in [0.25, 0.3) is 5.91 Å². The van der Waals surface area contributed by atoms with Crippen LogP contribution in [-0.2, 0) is 61.9 Å². The fourth-order valence-corrected chi connectivity index (χ4v) is 10.0. The number of alkyl carbamates (subject to hydrolysis) is 3. The zero-order valence-corrected chi connectivity index (χ0v) is 48.0. The van der Waals surface area contributed by atoms with Gasteiger partial charge >= 0.3 is 42.2 Å². The van der Waals surface area contributed by atoms with E-state index in [0.29, 0.717) is 44.9 Å². The lowest BCUT2D eigenvalue weighted by atomic mass is 9.62. The highest BCUT2D eigenvalue weighted by atomic mass is 16.6. The van der Waals surface area contributed by atoms with E-state index in [1.54, 1.807) is 13.8 Å². The van der Waals surface area contributed by atoms with E-state index in [1.165, 1.54) is 27.7 Å². The lowest BCUT2D eigenvalue weighted by Gasteiger charge is -2.47. The third kappa shape index (κ3) is 24.8. The van der Waals surface area contributed by atoms with Gasteiger partial charge < -0.3 is 59.2 Å². The Morgan fingerprint density at radius 1 is 0.526 bits per heavy atom. The maximum atomic E-state index is 13.7. The van der Waals surface area contributed by atoms with Crippen LogP contribution in [0.5, 0.6) is 0 Å². The Balaban J connectivity index is 1.90. The molecule has 0 aromatic heterocycles. The first-order chi connectivity index (χ1) is 34.8. The lowest BCUT2D eigenvalue weighted by molar-refractivity contribution is -0.149. The molecule has 0 aromatic rings. The molecule has 0 aromatic carbocycles. The maximum absolute atomic E-state index is 13.7. The standard InChI is InChI=1S/C56H90N4O16/c1-35(2)43(61)69-27-41(28-70-44(62)36(3)4)74-48(66)57-33-55(17)25-39(23-51(9,10)31-55)59-47(65)54(15,16)73-22-20-19-21-53(13,14)76-50(68)60-40-24-52(11,12)32-56(18,26-40)34-58-49(67)75-42(29-71-45(63)37(5)6)30-72-46(64)38(7)8/h39-42H,1,3,5,7,19-34H2,2,4,6,8-18H3,(H,57,66)(H,58,67)(H,59,65)(H,60,68). The van der Waals surface area contributed by atoms with Crippen LogP contribution in [0, 0.1) is 21.7 Å². The number of esters is 4. The van der Waals surface area contributed by atoms with Crippen LogP contribution in [0.4, 0.5) is 14.4 Å². The van der Waals surface area contributed by atoms with Gasteiger partial charge in [0.15, 0.2) is 12.2 Å². The largest absolute Gasteiger partial charge is 0.458 e. The molecule has 4 N–H and O–H groups in total. The minimum atomic E-state index is -1.16. The van der Waals surface area contributed by atoms with Crippen molar-refractivity contribution in [3.63, 3.8) is 0 Å². The van der Waals surface area contributed by atoms with E-state index in [0.717, 1.165) is 12.8 Å². The Labute approximate surface area is 450 Å². The van der Waals surface area contributed by atoms with Gasteiger partial charge in [0.2, 0.25) is 0 Å². The molecule has 20 heteroatoms. The van der Waals surface area contributed by atoms with Crippen molar-refractivity contribution < 1.29 is 76.3 Å². The third-order valence-corrected chi connectivity index (χ3v) is 13.0. The zero-order valence-electron chi connectivity index (χ0n) is 48.0. The molecular weight excluding hydrogens is 985 g/mol. The molecule has 0 saturated heterocycles. The van der Waals surface area contributed by atoms with Gasteiger partial charge in [-0.05, 0) is 135 Å². The van der Waals surface area contributed by atoms with Crippen molar-refractivity contribution in [2.24, 2.45) is 21.7 Å². The van der Waals surface area contributed by atoms with Crippen molar-refractivity contribution in [3.8, 4) is 0 Å². The van der Waals surface area contributed by atoms with Crippen molar-refractivity contribution in [1.29, 1.82) is 0 Å². The number of nitrogens with one attached hydrogen (secondary N) is 4. The Bertz CT molecular complexity index is 2090. The van der Waals surface area contributed by atoms with Gasteiger partial charge in [-0.15, -0.1) is 0 Å². The molecule has 0 aliphatic heterocycles. The second-order valence-electron chi connectivity index (χ2n) is 24.4. The Morgan fingerprint density at radius 2 is 0.882 bits per heavy atom.